The number of thiophene rings is 1. The topological polar surface area (TPSA) is 49.4 Å². The van der Waals surface area contributed by atoms with Crippen LogP contribution >= 0.6 is 27.3 Å². The predicted octanol–water partition coefficient (Wildman–Crippen LogP) is 5.42. The summed E-state index contributed by atoms with van der Waals surface area (Å²) in [5, 5.41) is 4.79. The molecule has 3 aromatic rings. The van der Waals surface area contributed by atoms with E-state index in [0.717, 1.165) is 29.4 Å². The normalized spacial score (nSPS) is 16.0. The van der Waals surface area contributed by atoms with Gasteiger partial charge in [0.15, 0.2) is 0 Å². The van der Waals surface area contributed by atoms with Gasteiger partial charge >= 0.3 is 0 Å². The Kier molecular flexibility index (Phi) is 6.11. The summed E-state index contributed by atoms with van der Waals surface area (Å²) < 4.78 is 1.04. The van der Waals surface area contributed by atoms with Crippen molar-refractivity contribution in [3.05, 3.63) is 92.1 Å². The quantitative estimate of drug-likeness (QED) is 0.543. The highest BCUT2D eigenvalue weighted by atomic mass is 79.9. The summed E-state index contributed by atoms with van der Waals surface area (Å²) in [6.07, 6.45) is 2.00. The van der Waals surface area contributed by atoms with Gasteiger partial charge in [-0.2, -0.15) is 0 Å². The lowest BCUT2D eigenvalue weighted by Gasteiger charge is -2.25. The summed E-state index contributed by atoms with van der Waals surface area (Å²) in [6, 6.07) is 19.5. The molecule has 4 nitrogen and oxygen atoms in total. The molecular formula is C23H21BrN2O2S. The van der Waals surface area contributed by atoms with Crippen molar-refractivity contribution in [3.63, 3.8) is 0 Å². The zero-order chi connectivity index (χ0) is 20.2. The molecular weight excluding hydrogens is 448 g/mol. The summed E-state index contributed by atoms with van der Waals surface area (Å²) in [6.45, 7) is 1.22. The Bertz CT molecular complexity index is 985. The fourth-order valence-corrected chi connectivity index (χ4v) is 4.55. The fourth-order valence-electron chi connectivity index (χ4n) is 3.65. The average Bonchev–Trinajstić information content (AvgIpc) is 3.45. The summed E-state index contributed by atoms with van der Waals surface area (Å²) in [5.74, 6) is -0.0147. The standard InChI is InChI=1S/C23H21BrN2O2S/c24-19-11-9-17(10-12-19)20-3-1-13-26(20)23(28)18-7-5-16(6-8-18)15-25-22(27)21-4-2-14-29-21/h2,4-12,14,20H,1,3,13,15H2,(H,25,27). The van der Waals surface area contributed by atoms with E-state index in [1.807, 2.05) is 52.7 Å². The maximum Gasteiger partial charge on any atom is 0.261 e. The van der Waals surface area contributed by atoms with Crippen molar-refractivity contribution in [2.75, 3.05) is 6.54 Å². The van der Waals surface area contributed by atoms with E-state index in [1.165, 1.54) is 16.9 Å². The van der Waals surface area contributed by atoms with Crippen LogP contribution in [0.5, 0.6) is 0 Å². The van der Waals surface area contributed by atoms with E-state index >= 15 is 0 Å². The maximum absolute atomic E-state index is 13.1. The highest BCUT2D eigenvalue weighted by Gasteiger charge is 2.30. The molecule has 1 aromatic heterocycles. The van der Waals surface area contributed by atoms with Gasteiger partial charge in [0.2, 0.25) is 0 Å². The first-order valence-electron chi connectivity index (χ1n) is 9.59. The first-order chi connectivity index (χ1) is 14.1. The smallest absolute Gasteiger partial charge is 0.261 e. The Morgan fingerprint density at radius 3 is 2.52 bits per heavy atom. The number of amides is 2. The summed E-state index contributed by atoms with van der Waals surface area (Å²) in [4.78, 5) is 27.8. The lowest BCUT2D eigenvalue weighted by molar-refractivity contribution is 0.0735. The molecule has 0 saturated carbocycles. The first kappa shape index (κ1) is 19.9. The van der Waals surface area contributed by atoms with Crippen LogP contribution in [0.3, 0.4) is 0 Å². The van der Waals surface area contributed by atoms with Crippen LogP contribution in [0.2, 0.25) is 0 Å². The molecule has 0 aliphatic carbocycles. The molecule has 1 atom stereocenters. The third kappa shape index (κ3) is 4.60. The minimum absolute atomic E-state index is 0.0598. The third-order valence-electron chi connectivity index (χ3n) is 5.17. The molecule has 2 heterocycles. The molecule has 4 rings (SSSR count). The minimum atomic E-state index is -0.0745. The van der Waals surface area contributed by atoms with Crippen LogP contribution in [-0.2, 0) is 6.54 Å². The van der Waals surface area contributed by atoms with E-state index < -0.39 is 0 Å². The van der Waals surface area contributed by atoms with Gasteiger partial charge in [0.1, 0.15) is 0 Å². The number of carbonyl (C=O) groups excluding carboxylic acids is 2. The average molecular weight is 469 g/mol. The Balaban J connectivity index is 1.41. The molecule has 2 amide bonds. The second-order valence-electron chi connectivity index (χ2n) is 7.07. The number of benzene rings is 2. The van der Waals surface area contributed by atoms with Crippen molar-refractivity contribution in [3.8, 4) is 0 Å². The van der Waals surface area contributed by atoms with Crippen LogP contribution in [0.25, 0.3) is 0 Å². The fraction of sp³-hybridized carbons (Fsp3) is 0.217. The molecule has 1 saturated heterocycles. The van der Waals surface area contributed by atoms with Gasteiger partial charge in [0, 0.05) is 23.1 Å². The van der Waals surface area contributed by atoms with Gasteiger partial charge in [-0.25, -0.2) is 0 Å². The van der Waals surface area contributed by atoms with Crippen LogP contribution in [0.1, 0.15) is 50.0 Å². The van der Waals surface area contributed by atoms with Crippen LogP contribution in [-0.4, -0.2) is 23.3 Å². The lowest BCUT2D eigenvalue weighted by Crippen LogP contribution is -2.30. The highest BCUT2D eigenvalue weighted by Crippen LogP contribution is 2.33. The predicted molar refractivity (Wildman–Crippen MR) is 119 cm³/mol. The molecule has 1 aliphatic heterocycles. The second-order valence-corrected chi connectivity index (χ2v) is 8.93. The second kappa shape index (κ2) is 8.93. The van der Waals surface area contributed by atoms with Gasteiger partial charge in [-0.15, -0.1) is 11.3 Å². The molecule has 2 aromatic carbocycles. The zero-order valence-electron chi connectivity index (χ0n) is 15.8. The van der Waals surface area contributed by atoms with Crippen LogP contribution in [0, 0.1) is 0 Å². The number of nitrogens with one attached hydrogen (secondary N) is 1. The van der Waals surface area contributed by atoms with Crippen molar-refractivity contribution in [2.45, 2.75) is 25.4 Å². The van der Waals surface area contributed by atoms with E-state index in [4.69, 9.17) is 0 Å². The van der Waals surface area contributed by atoms with Gasteiger partial charge in [-0.3, -0.25) is 9.59 Å². The van der Waals surface area contributed by atoms with Gasteiger partial charge in [-0.1, -0.05) is 46.3 Å². The molecule has 1 fully saturated rings. The van der Waals surface area contributed by atoms with E-state index in [9.17, 15) is 9.59 Å². The van der Waals surface area contributed by atoms with Gasteiger partial charge in [-0.05, 0) is 59.7 Å². The molecule has 148 valence electrons. The van der Waals surface area contributed by atoms with E-state index in [1.54, 1.807) is 6.07 Å². The number of hydrogen-bond acceptors (Lipinski definition) is 3. The Labute approximate surface area is 182 Å². The molecule has 1 unspecified atom stereocenters. The summed E-state index contributed by atoms with van der Waals surface area (Å²) in [7, 11) is 0. The number of hydrogen-bond donors (Lipinski definition) is 1. The molecule has 1 aliphatic rings. The molecule has 29 heavy (non-hydrogen) atoms. The maximum atomic E-state index is 13.1. The monoisotopic (exact) mass is 468 g/mol. The number of halogens is 1. The zero-order valence-corrected chi connectivity index (χ0v) is 18.2. The van der Waals surface area contributed by atoms with Gasteiger partial charge < -0.3 is 10.2 Å². The van der Waals surface area contributed by atoms with Crippen molar-refractivity contribution in [1.82, 2.24) is 10.2 Å². The molecule has 0 spiro atoms. The molecule has 6 heteroatoms. The molecule has 0 radical (unpaired) electrons. The minimum Gasteiger partial charge on any atom is -0.347 e. The number of nitrogens with zero attached hydrogens (tertiary/aromatic N) is 1. The molecule has 0 bridgehead atoms. The van der Waals surface area contributed by atoms with Crippen LogP contribution in [0.15, 0.2) is 70.5 Å². The number of rotatable bonds is 5. The van der Waals surface area contributed by atoms with Crippen molar-refractivity contribution >= 4 is 39.1 Å². The Hall–Kier alpha value is -2.44. The van der Waals surface area contributed by atoms with Gasteiger partial charge in [0.05, 0.1) is 10.9 Å². The summed E-state index contributed by atoms with van der Waals surface area (Å²) >= 11 is 4.89. The number of carbonyl (C=O) groups is 2. The van der Waals surface area contributed by atoms with Crippen LogP contribution in [0.4, 0.5) is 0 Å². The number of likely N-dealkylation sites (tertiary alicyclic amines) is 1. The highest BCUT2D eigenvalue weighted by molar-refractivity contribution is 9.10. The van der Waals surface area contributed by atoms with Gasteiger partial charge in [0.25, 0.3) is 11.8 Å². The Morgan fingerprint density at radius 1 is 1.07 bits per heavy atom. The largest absolute Gasteiger partial charge is 0.347 e. The van der Waals surface area contributed by atoms with E-state index in [-0.39, 0.29) is 17.9 Å². The van der Waals surface area contributed by atoms with Crippen LogP contribution < -0.4 is 5.32 Å². The van der Waals surface area contributed by atoms with E-state index in [0.29, 0.717) is 17.0 Å². The SMILES string of the molecule is O=C(NCc1ccc(C(=O)N2CCCC2c2ccc(Br)cc2)cc1)c1cccs1. The van der Waals surface area contributed by atoms with Crippen molar-refractivity contribution in [2.24, 2.45) is 0 Å². The third-order valence-corrected chi connectivity index (χ3v) is 6.56. The van der Waals surface area contributed by atoms with Crippen molar-refractivity contribution in [1.29, 1.82) is 0 Å². The summed E-state index contributed by atoms with van der Waals surface area (Å²) in [5.41, 5.74) is 2.83. The lowest BCUT2D eigenvalue weighted by atomic mass is 10.0. The molecule has 1 N–H and O–H groups in total. The van der Waals surface area contributed by atoms with E-state index in [2.05, 4.69) is 33.4 Å². The first-order valence-corrected chi connectivity index (χ1v) is 11.3. The van der Waals surface area contributed by atoms with Crippen molar-refractivity contribution < 1.29 is 9.59 Å². The Morgan fingerprint density at radius 2 is 1.83 bits per heavy atom.